The number of benzene rings is 1. The van der Waals surface area contributed by atoms with E-state index >= 15 is 0 Å². The summed E-state index contributed by atoms with van der Waals surface area (Å²) in [6.45, 7) is 1.19. The van der Waals surface area contributed by atoms with Crippen molar-refractivity contribution < 1.29 is 4.39 Å². The number of rotatable bonds is 5. The van der Waals surface area contributed by atoms with Crippen molar-refractivity contribution in [3.63, 3.8) is 0 Å². The molecule has 2 N–H and O–H groups in total. The first-order valence-electron chi connectivity index (χ1n) is 7.07. The molecule has 0 saturated carbocycles. The number of guanidine groups is 1. The van der Waals surface area contributed by atoms with Crippen LogP contribution in [0.5, 0.6) is 0 Å². The predicted molar refractivity (Wildman–Crippen MR) is 111 cm³/mol. The molecule has 0 amide bonds. The van der Waals surface area contributed by atoms with E-state index in [2.05, 4.69) is 36.5 Å². The summed E-state index contributed by atoms with van der Waals surface area (Å²) in [6, 6.07) is 8.49. The highest BCUT2D eigenvalue weighted by atomic mass is 127. The van der Waals surface area contributed by atoms with Crippen molar-refractivity contribution >= 4 is 57.5 Å². The Morgan fingerprint density at radius 2 is 2.04 bits per heavy atom. The van der Waals surface area contributed by atoms with Gasteiger partial charge >= 0.3 is 0 Å². The van der Waals surface area contributed by atoms with Gasteiger partial charge in [-0.3, -0.25) is 4.99 Å². The molecule has 0 atom stereocenters. The third-order valence-corrected chi connectivity index (χ3v) is 3.78. The minimum atomic E-state index is -0.269. The number of nitrogens with one attached hydrogen (secondary N) is 2. The van der Waals surface area contributed by atoms with Gasteiger partial charge in [-0.2, -0.15) is 0 Å². The molecular weight excluding hydrogens is 509 g/mol. The van der Waals surface area contributed by atoms with Crippen LogP contribution in [0.4, 0.5) is 4.39 Å². The summed E-state index contributed by atoms with van der Waals surface area (Å²) in [5.41, 5.74) is 1.92. The molecule has 2 aromatic rings. The maximum Gasteiger partial charge on any atom is 0.191 e. The zero-order valence-corrected chi connectivity index (χ0v) is 17.7. The lowest BCUT2D eigenvalue weighted by atomic mass is 10.2. The highest BCUT2D eigenvalue weighted by Gasteiger charge is 2.02. The van der Waals surface area contributed by atoms with Crippen LogP contribution < -0.4 is 10.6 Å². The highest BCUT2D eigenvalue weighted by Crippen LogP contribution is 2.14. The van der Waals surface area contributed by atoms with Gasteiger partial charge in [0.1, 0.15) is 11.0 Å². The van der Waals surface area contributed by atoms with Crippen LogP contribution in [-0.2, 0) is 13.0 Å². The van der Waals surface area contributed by atoms with E-state index in [1.54, 1.807) is 19.3 Å². The van der Waals surface area contributed by atoms with E-state index in [1.807, 2.05) is 12.1 Å². The molecule has 0 fully saturated rings. The van der Waals surface area contributed by atoms with E-state index in [4.69, 9.17) is 11.6 Å². The average molecular weight is 528 g/mol. The monoisotopic (exact) mass is 526 g/mol. The molecule has 1 aromatic carbocycles. The molecule has 1 aromatic heterocycles. The van der Waals surface area contributed by atoms with Gasteiger partial charge in [0.05, 0.1) is 0 Å². The van der Waals surface area contributed by atoms with Crippen LogP contribution in [0.15, 0.2) is 46.0 Å². The van der Waals surface area contributed by atoms with Gasteiger partial charge in [0.15, 0.2) is 5.96 Å². The summed E-state index contributed by atoms with van der Waals surface area (Å²) in [7, 11) is 1.70. The molecular formula is C16H18BrClFIN4. The summed E-state index contributed by atoms with van der Waals surface area (Å²) >= 11 is 9.04. The van der Waals surface area contributed by atoms with Crippen LogP contribution in [0.3, 0.4) is 0 Å². The molecule has 8 heteroatoms. The Balaban J connectivity index is 0.00000288. The molecule has 0 aliphatic rings. The lowest BCUT2D eigenvalue weighted by molar-refractivity contribution is 0.623. The Morgan fingerprint density at radius 1 is 1.25 bits per heavy atom. The quantitative estimate of drug-likeness (QED) is 0.266. The molecule has 0 spiro atoms. The van der Waals surface area contributed by atoms with Crippen LogP contribution in [0.25, 0.3) is 0 Å². The van der Waals surface area contributed by atoms with Crippen molar-refractivity contribution in [2.45, 2.75) is 13.0 Å². The van der Waals surface area contributed by atoms with Crippen molar-refractivity contribution in [2.75, 3.05) is 13.6 Å². The second-order valence-corrected chi connectivity index (χ2v) is 6.17. The normalized spacial score (nSPS) is 10.9. The minimum absolute atomic E-state index is 0. The Labute approximate surface area is 171 Å². The Morgan fingerprint density at radius 3 is 2.67 bits per heavy atom. The van der Waals surface area contributed by atoms with Gasteiger partial charge in [-0.1, -0.05) is 33.6 Å². The maximum absolute atomic E-state index is 13.3. The average Bonchev–Trinajstić information content (AvgIpc) is 2.51. The first-order chi connectivity index (χ1) is 11.1. The van der Waals surface area contributed by atoms with E-state index in [9.17, 15) is 4.39 Å². The summed E-state index contributed by atoms with van der Waals surface area (Å²) < 4.78 is 14.0. The zero-order valence-electron chi connectivity index (χ0n) is 13.0. The Bertz CT molecular complexity index is 662. The SMILES string of the molecule is CN=C(NCCc1ccc(Cl)nc1)NCc1cc(F)cc(Br)c1.I. The minimum Gasteiger partial charge on any atom is -0.356 e. The first-order valence-corrected chi connectivity index (χ1v) is 8.24. The molecule has 0 bridgehead atoms. The van der Waals surface area contributed by atoms with Crippen molar-refractivity contribution in [3.05, 3.63) is 63.1 Å². The van der Waals surface area contributed by atoms with E-state index in [0.29, 0.717) is 28.7 Å². The van der Waals surface area contributed by atoms with Crippen molar-refractivity contribution in [2.24, 2.45) is 4.99 Å². The van der Waals surface area contributed by atoms with E-state index in [1.165, 1.54) is 12.1 Å². The fourth-order valence-corrected chi connectivity index (χ4v) is 2.62. The number of nitrogens with zero attached hydrogens (tertiary/aromatic N) is 2. The number of halogens is 4. The smallest absolute Gasteiger partial charge is 0.191 e. The van der Waals surface area contributed by atoms with Gasteiger partial charge < -0.3 is 10.6 Å². The van der Waals surface area contributed by atoms with Crippen LogP contribution in [0, 0.1) is 5.82 Å². The summed E-state index contributed by atoms with van der Waals surface area (Å²) in [5, 5.41) is 6.84. The molecule has 130 valence electrons. The van der Waals surface area contributed by atoms with Crippen LogP contribution in [0.2, 0.25) is 5.15 Å². The number of pyridine rings is 1. The largest absolute Gasteiger partial charge is 0.356 e. The Hall–Kier alpha value is -0.930. The van der Waals surface area contributed by atoms with Crippen molar-refractivity contribution in [3.8, 4) is 0 Å². The van der Waals surface area contributed by atoms with Gasteiger partial charge in [-0.25, -0.2) is 9.37 Å². The second kappa shape index (κ2) is 10.8. The third kappa shape index (κ3) is 7.31. The molecule has 0 saturated heterocycles. The highest BCUT2D eigenvalue weighted by molar-refractivity contribution is 14.0. The first kappa shape index (κ1) is 21.1. The van der Waals surface area contributed by atoms with Crippen LogP contribution in [-0.4, -0.2) is 24.5 Å². The second-order valence-electron chi connectivity index (χ2n) is 4.87. The summed E-state index contributed by atoms with van der Waals surface area (Å²) in [6.07, 6.45) is 2.56. The zero-order chi connectivity index (χ0) is 16.7. The summed E-state index contributed by atoms with van der Waals surface area (Å²) in [4.78, 5) is 8.19. The molecule has 1 heterocycles. The van der Waals surface area contributed by atoms with Gasteiger partial charge in [-0.05, 0) is 41.8 Å². The standard InChI is InChI=1S/C16H17BrClFN4.HI/c1-20-16(21-5-4-11-2-3-15(18)22-9-11)23-10-12-6-13(17)8-14(19)7-12;/h2-3,6-9H,4-5,10H2,1H3,(H2,20,21,23);1H. The molecule has 0 aliphatic heterocycles. The number of aromatic nitrogens is 1. The van der Waals surface area contributed by atoms with Gasteiger partial charge in [-0.15, -0.1) is 24.0 Å². The van der Waals surface area contributed by atoms with E-state index < -0.39 is 0 Å². The molecule has 0 radical (unpaired) electrons. The van der Waals surface area contributed by atoms with E-state index in [-0.39, 0.29) is 29.8 Å². The Kier molecular flexibility index (Phi) is 9.53. The molecule has 24 heavy (non-hydrogen) atoms. The van der Waals surface area contributed by atoms with Crippen molar-refractivity contribution in [1.82, 2.24) is 15.6 Å². The van der Waals surface area contributed by atoms with Crippen LogP contribution in [0.1, 0.15) is 11.1 Å². The molecule has 4 nitrogen and oxygen atoms in total. The number of hydrogen-bond acceptors (Lipinski definition) is 2. The fraction of sp³-hybridized carbons (Fsp3) is 0.250. The van der Waals surface area contributed by atoms with E-state index in [0.717, 1.165) is 17.5 Å². The number of aliphatic imine (C=N–C) groups is 1. The third-order valence-electron chi connectivity index (χ3n) is 3.10. The van der Waals surface area contributed by atoms with Crippen molar-refractivity contribution in [1.29, 1.82) is 0 Å². The molecule has 0 aliphatic carbocycles. The fourth-order valence-electron chi connectivity index (χ4n) is 2.00. The molecule has 2 rings (SSSR count). The number of hydrogen-bond donors (Lipinski definition) is 2. The van der Waals surface area contributed by atoms with Gasteiger partial charge in [0.2, 0.25) is 0 Å². The lowest BCUT2D eigenvalue weighted by Crippen LogP contribution is -2.37. The van der Waals surface area contributed by atoms with Gasteiger partial charge in [0.25, 0.3) is 0 Å². The summed E-state index contributed by atoms with van der Waals surface area (Å²) in [5.74, 6) is 0.390. The van der Waals surface area contributed by atoms with Crippen LogP contribution >= 0.6 is 51.5 Å². The topological polar surface area (TPSA) is 49.3 Å². The predicted octanol–water partition coefficient (Wildman–Crippen LogP) is 4.16. The van der Waals surface area contributed by atoms with Gasteiger partial charge in [0, 0.05) is 30.8 Å². The molecule has 0 unspecified atom stereocenters. The maximum atomic E-state index is 13.3. The lowest BCUT2D eigenvalue weighted by Gasteiger charge is -2.12.